The highest BCUT2D eigenvalue weighted by atomic mass is 15.3. The van der Waals surface area contributed by atoms with E-state index in [-0.39, 0.29) is 0 Å². The van der Waals surface area contributed by atoms with Crippen LogP contribution in [0.1, 0.15) is 5.56 Å². The third kappa shape index (κ3) is 3.76. The largest absolute Gasteiger partial charge is 0.399 e. The zero-order valence-corrected chi connectivity index (χ0v) is 12.4. The lowest BCUT2D eigenvalue weighted by Crippen LogP contribution is -2.46. The second-order valence-corrected chi connectivity index (χ2v) is 5.66. The van der Waals surface area contributed by atoms with Crippen molar-refractivity contribution < 1.29 is 0 Å². The summed E-state index contributed by atoms with van der Waals surface area (Å²) in [6, 6.07) is 18.9. The molecule has 1 aliphatic heterocycles. The van der Waals surface area contributed by atoms with Crippen LogP contribution in [0.3, 0.4) is 0 Å². The molecule has 2 aromatic carbocycles. The minimum absolute atomic E-state index is 0.834. The van der Waals surface area contributed by atoms with E-state index >= 15 is 0 Å². The molecule has 1 saturated heterocycles. The van der Waals surface area contributed by atoms with Gasteiger partial charge in [0.2, 0.25) is 0 Å². The number of piperazine rings is 1. The van der Waals surface area contributed by atoms with Gasteiger partial charge in [-0.1, -0.05) is 30.3 Å². The molecule has 1 fully saturated rings. The first-order chi connectivity index (χ1) is 10.3. The number of benzene rings is 2. The molecule has 0 amide bonds. The molecular weight excluding hydrogens is 258 g/mol. The summed E-state index contributed by atoms with van der Waals surface area (Å²) in [5.41, 5.74) is 9.29. The third-order valence-electron chi connectivity index (χ3n) is 4.19. The van der Waals surface area contributed by atoms with Gasteiger partial charge >= 0.3 is 0 Å². The molecule has 110 valence electrons. The van der Waals surface area contributed by atoms with Crippen molar-refractivity contribution in [3.8, 4) is 0 Å². The van der Waals surface area contributed by atoms with Gasteiger partial charge in [-0.3, -0.25) is 4.90 Å². The topological polar surface area (TPSA) is 32.5 Å². The van der Waals surface area contributed by atoms with Gasteiger partial charge in [0.15, 0.2) is 0 Å². The van der Waals surface area contributed by atoms with E-state index < -0.39 is 0 Å². The second kappa shape index (κ2) is 6.64. The number of hydrogen-bond acceptors (Lipinski definition) is 3. The van der Waals surface area contributed by atoms with E-state index in [0.29, 0.717) is 0 Å². The smallest absolute Gasteiger partial charge is 0.0368 e. The predicted molar refractivity (Wildman–Crippen MR) is 89.7 cm³/mol. The first-order valence-corrected chi connectivity index (χ1v) is 7.68. The van der Waals surface area contributed by atoms with Crippen LogP contribution in [-0.2, 0) is 6.42 Å². The molecule has 0 saturated carbocycles. The average molecular weight is 281 g/mol. The maximum Gasteiger partial charge on any atom is 0.0368 e. The van der Waals surface area contributed by atoms with E-state index in [1.165, 1.54) is 11.3 Å². The summed E-state index contributed by atoms with van der Waals surface area (Å²) in [4.78, 5) is 5.00. The Morgan fingerprint density at radius 1 is 0.810 bits per heavy atom. The minimum atomic E-state index is 0.834. The maximum atomic E-state index is 5.75. The lowest BCUT2D eigenvalue weighted by Gasteiger charge is -2.36. The molecule has 0 aliphatic carbocycles. The van der Waals surface area contributed by atoms with Gasteiger partial charge in [-0.05, 0) is 36.2 Å². The molecule has 1 aliphatic rings. The van der Waals surface area contributed by atoms with E-state index in [1.807, 2.05) is 12.1 Å². The van der Waals surface area contributed by atoms with Gasteiger partial charge in [0, 0.05) is 44.1 Å². The maximum absolute atomic E-state index is 5.75. The van der Waals surface area contributed by atoms with Crippen molar-refractivity contribution in [3.63, 3.8) is 0 Å². The predicted octanol–water partition coefficient (Wildman–Crippen LogP) is 2.63. The standard InChI is InChI=1S/C18H23N3/c19-17-6-8-18(9-7-17)21-14-12-20(13-15-21)11-10-16-4-2-1-3-5-16/h1-9H,10-15,19H2. The summed E-state index contributed by atoms with van der Waals surface area (Å²) in [6.07, 6.45) is 1.14. The van der Waals surface area contributed by atoms with Crippen molar-refractivity contribution in [3.05, 3.63) is 60.2 Å². The average Bonchev–Trinajstić information content (AvgIpc) is 2.55. The number of hydrogen-bond donors (Lipinski definition) is 1. The molecule has 0 unspecified atom stereocenters. The fourth-order valence-electron chi connectivity index (χ4n) is 2.85. The Hall–Kier alpha value is -2.00. The van der Waals surface area contributed by atoms with Crippen molar-refractivity contribution in [2.45, 2.75) is 6.42 Å². The molecule has 3 nitrogen and oxygen atoms in total. The Morgan fingerprint density at radius 3 is 2.14 bits per heavy atom. The number of anilines is 2. The molecule has 21 heavy (non-hydrogen) atoms. The van der Waals surface area contributed by atoms with E-state index in [2.05, 4.69) is 52.3 Å². The lowest BCUT2D eigenvalue weighted by atomic mass is 10.1. The van der Waals surface area contributed by atoms with E-state index in [9.17, 15) is 0 Å². The van der Waals surface area contributed by atoms with Crippen molar-refractivity contribution in [2.24, 2.45) is 0 Å². The number of nitrogens with zero attached hydrogens (tertiary/aromatic N) is 2. The quantitative estimate of drug-likeness (QED) is 0.875. The van der Waals surface area contributed by atoms with Crippen molar-refractivity contribution >= 4 is 11.4 Å². The van der Waals surface area contributed by atoms with Crippen LogP contribution in [0.4, 0.5) is 11.4 Å². The van der Waals surface area contributed by atoms with Gasteiger partial charge in [0.25, 0.3) is 0 Å². The van der Waals surface area contributed by atoms with Crippen molar-refractivity contribution in [1.82, 2.24) is 4.90 Å². The van der Waals surface area contributed by atoms with Gasteiger partial charge in [-0.25, -0.2) is 0 Å². The number of nitrogens with two attached hydrogens (primary N) is 1. The summed E-state index contributed by atoms with van der Waals surface area (Å²) >= 11 is 0. The molecule has 3 heteroatoms. The summed E-state index contributed by atoms with van der Waals surface area (Å²) < 4.78 is 0. The van der Waals surface area contributed by atoms with Crippen LogP contribution in [0.15, 0.2) is 54.6 Å². The van der Waals surface area contributed by atoms with Gasteiger partial charge in [0.1, 0.15) is 0 Å². The Balaban J connectivity index is 1.48. The normalized spacial score (nSPS) is 16.1. The molecule has 3 rings (SSSR count). The van der Waals surface area contributed by atoms with Crippen LogP contribution < -0.4 is 10.6 Å². The molecule has 1 heterocycles. The van der Waals surface area contributed by atoms with E-state index in [1.54, 1.807) is 0 Å². The van der Waals surface area contributed by atoms with E-state index in [0.717, 1.165) is 44.8 Å². The molecule has 2 N–H and O–H groups in total. The molecule has 2 aromatic rings. The Kier molecular flexibility index (Phi) is 4.41. The van der Waals surface area contributed by atoms with Crippen molar-refractivity contribution in [1.29, 1.82) is 0 Å². The van der Waals surface area contributed by atoms with Crippen molar-refractivity contribution in [2.75, 3.05) is 43.4 Å². The summed E-state index contributed by atoms with van der Waals surface area (Å²) in [5.74, 6) is 0. The first-order valence-electron chi connectivity index (χ1n) is 7.68. The fraction of sp³-hybridized carbons (Fsp3) is 0.333. The molecule has 0 atom stereocenters. The second-order valence-electron chi connectivity index (χ2n) is 5.66. The highest BCUT2D eigenvalue weighted by Gasteiger charge is 2.16. The van der Waals surface area contributed by atoms with Gasteiger partial charge in [0.05, 0.1) is 0 Å². The number of rotatable bonds is 4. The number of nitrogen functional groups attached to an aromatic ring is 1. The van der Waals surface area contributed by atoms with Gasteiger partial charge in [-0.15, -0.1) is 0 Å². The molecule has 0 bridgehead atoms. The molecule has 0 aromatic heterocycles. The van der Waals surface area contributed by atoms with Crippen LogP contribution in [-0.4, -0.2) is 37.6 Å². The van der Waals surface area contributed by atoms with Gasteiger partial charge in [-0.2, -0.15) is 0 Å². The van der Waals surface area contributed by atoms with Gasteiger partial charge < -0.3 is 10.6 Å². The Bertz CT molecular complexity index is 542. The van der Waals surface area contributed by atoms with Crippen LogP contribution >= 0.6 is 0 Å². The SMILES string of the molecule is Nc1ccc(N2CCN(CCc3ccccc3)CC2)cc1. The zero-order chi connectivity index (χ0) is 14.5. The van der Waals surface area contributed by atoms with Crippen LogP contribution in [0.25, 0.3) is 0 Å². The Morgan fingerprint density at radius 2 is 1.48 bits per heavy atom. The summed E-state index contributed by atoms with van der Waals surface area (Å²) in [6.45, 7) is 5.62. The highest BCUT2D eigenvalue weighted by Crippen LogP contribution is 2.18. The zero-order valence-electron chi connectivity index (χ0n) is 12.4. The van der Waals surface area contributed by atoms with Crippen LogP contribution in [0.5, 0.6) is 0 Å². The molecule has 0 spiro atoms. The van der Waals surface area contributed by atoms with E-state index in [4.69, 9.17) is 5.73 Å². The lowest BCUT2D eigenvalue weighted by molar-refractivity contribution is 0.261. The Labute approximate surface area is 127 Å². The van der Waals surface area contributed by atoms with Crippen LogP contribution in [0.2, 0.25) is 0 Å². The summed E-state index contributed by atoms with van der Waals surface area (Å²) in [7, 11) is 0. The third-order valence-corrected chi connectivity index (χ3v) is 4.19. The minimum Gasteiger partial charge on any atom is -0.399 e. The first kappa shape index (κ1) is 14.0. The fourth-order valence-corrected chi connectivity index (χ4v) is 2.85. The van der Waals surface area contributed by atoms with Crippen LogP contribution in [0, 0.1) is 0 Å². The molecular formula is C18H23N3. The monoisotopic (exact) mass is 281 g/mol. The highest BCUT2D eigenvalue weighted by molar-refractivity contribution is 5.53. The summed E-state index contributed by atoms with van der Waals surface area (Å²) in [5, 5.41) is 0. The molecule has 0 radical (unpaired) electrons.